The smallest absolute Gasteiger partial charge is 0.228 e. The summed E-state index contributed by atoms with van der Waals surface area (Å²) in [6.07, 6.45) is 6.34. The Morgan fingerprint density at radius 3 is 2.72 bits per heavy atom. The van der Waals surface area contributed by atoms with Crippen molar-refractivity contribution >= 4 is 27.9 Å². The second kappa shape index (κ2) is 8.18. The van der Waals surface area contributed by atoms with Gasteiger partial charge in [-0.15, -0.1) is 0 Å². The van der Waals surface area contributed by atoms with E-state index in [0.29, 0.717) is 19.1 Å². The van der Waals surface area contributed by atoms with E-state index in [0.717, 1.165) is 66.5 Å². The van der Waals surface area contributed by atoms with Gasteiger partial charge in [0.05, 0.1) is 30.5 Å². The average molecular weight is 432 g/mol. The summed E-state index contributed by atoms with van der Waals surface area (Å²) in [6.45, 7) is 6.24. The summed E-state index contributed by atoms with van der Waals surface area (Å²) in [5, 5.41) is 6.99. The van der Waals surface area contributed by atoms with Crippen LogP contribution in [0.1, 0.15) is 12.8 Å². The van der Waals surface area contributed by atoms with Gasteiger partial charge in [0.15, 0.2) is 5.65 Å². The van der Waals surface area contributed by atoms with Crippen molar-refractivity contribution in [1.29, 1.82) is 0 Å². The number of likely N-dealkylation sites (tertiary alicyclic amines) is 1. The van der Waals surface area contributed by atoms with Gasteiger partial charge in [-0.2, -0.15) is 10.1 Å². The fraction of sp³-hybridized carbons (Fsp3) is 0.458. The number of morpholine rings is 1. The summed E-state index contributed by atoms with van der Waals surface area (Å²) in [6, 6.07) is 8.45. The number of hydrogen-bond acceptors (Lipinski definition) is 6. The van der Waals surface area contributed by atoms with E-state index in [9.17, 15) is 0 Å². The molecule has 2 fully saturated rings. The maximum absolute atomic E-state index is 5.57. The quantitative estimate of drug-likeness (QED) is 0.535. The molecule has 1 aromatic carbocycles. The molecule has 0 radical (unpaired) electrons. The van der Waals surface area contributed by atoms with Crippen LogP contribution in [0.3, 0.4) is 0 Å². The van der Waals surface area contributed by atoms with E-state index in [-0.39, 0.29) is 0 Å². The van der Waals surface area contributed by atoms with Crippen molar-refractivity contribution in [3.05, 3.63) is 36.7 Å². The summed E-state index contributed by atoms with van der Waals surface area (Å²) < 4.78 is 7.67. The number of ether oxygens (including phenoxy) is 1. The maximum Gasteiger partial charge on any atom is 0.228 e. The van der Waals surface area contributed by atoms with E-state index < -0.39 is 0 Å². The molecule has 0 saturated carbocycles. The van der Waals surface area contributed by atoms with Gasteiger partial charge in [-0.1, -0.05) is 12.1 Å². The Labute approximate surface area is 187 Å². The van der Waals surface area contributed by atoms with Crippen molar-refractivity contribution in [1.82, 2.24) is 29.6 Å². The fourth-order valence-electron chi connectivity index (χ4n) is 4.97. The van der Waals surface area contributed by atoms with E-state index in [1.54, 1.807) is 0 Å². The average Bonchev–Trinajstić information content (AvgIpc) is 3.48. The van der Waals surface area contributed by atoms with Crippen LogP contribution >= 0.6 is 0 Å². The van der Waals surface area contributed by atoms with Crippen LogP contribution in [0.5, 0.6) is 0 Å². The monoisotopic (exact) mass is 431 g/mol. The molecule has 8 heteroatoms. The molecule has 5 heterocycles. The number of rotatable bonds is 4. The minimum atomic E-state index is 0.632. The lowest BCUT2D eigenvalue weighted by Gasteiger charge is -2.29. The van der Waals surface area contributed by atoms with Gasteiger partial charge in [0.2, 0.25) is 5.95 Å². The van der Waals surface area contributed by atoms with Crippen molar-refractivity contribution in [2.24, 2.45) is 5.92 Å². The molecule has 0 atom stereocenters. The van der Waals surface area contributed by atoms with Crippen LogP contribution in [0.2, 0.25) is 0 Å². The molecule has 4 aromatic rings. The fourth-order valence-corrected chi connectivity index (χ4v) is 4.97. The zero-order chi connectivity index (χ0) is 21.5. The Hall–Kier alpha value is -2.97. The molecule has 3 aromatic heterocycles. The lowest BCUT2D eigenvalue weighted by Crippen LogP contribution is -2.37. The SMILES string of the molecule is CN1CCC(Cn2ncc3c(-c4cccc5[nH]ccc45)nc(N4CCOCC4)nc32)CC1. The number of piperidine rings is 1. The van der Waals surface area contributed by atoms with Crippen molar-refractivity contribution in [3.63, 3.8) is 0 Å². The van der Waals surface area contributed by atoms with Crippen molar-refractivity contribution < 1.29 is 4.74 Å². The lowest BCUT2D eigenvalue weighted by atomic mass is 9.97. The van der Waals surface area contributed by atoms with Gasteiger partial charge in [-0.3, -0.25) is 0 Å². The molecule has 0 bridgehead atoms. The summed E-state index contributed by atoms with van der Waals surface area (Å²) in [5.74, 6) is 1.40. The minimum absolute atomic E-state index is 0.632. The van der Waals surface area contributed by atoms with Crippen molar-refractivity contribution in [2.75, 3.05) is 51.3 Å². The van der Waals surface area contributed by atoms with Gasteiger partial charge in [-0.05, 0) is 51.0 Å². The number of H-pyrrole nitrogens is 1. The van der Waals surface area contributed by atoms with Crippen LogP contribution in [0.15, 0.2) is 36.7 Å². The molecule has 0 unspecified atom stereocenters. The molecule has 8 nitrogen and oxygen atoms in total. The van der Waals surface area contributed by atoms with Crippen LogP contribution < -0.4 is 4.90 Å². The lowest BCUT2D eigenvalue weighted by molar-refractivity contribution is 0.122. The molecular weight excluding hydrogens is 402 g/mol. The molecule has 166 valence electrons. The highest BCUT2D eigenvalue weighted by atomic mass is 16.5. The normalized spacial score (nSPS) is 18.7. The Morgan fingerprint density at radius 1 is 1.03 bits per heavy atom. The first-order chi connectivity index (χ1) is 15.8. The minimum Gasteiger partial charge on any atom is -0.378 e. The number of nitrogens with one attached hydrogen (secondary N) is 1. The number of aromatic amines is 1. The summed E-state index contributed by atoms with van der Waals surface area (Å²) in [7, 11) is 2.20. The Kier molecular flexibility index (Phi) is 5.04. The topological polar surface area (TPSA) is 75.1 Å². The largest absolute Gasteiger partial charge is 0.378 e. The van der Waals surface area contributed by atoms with E-state index in [4.69, 9.17) is 19.8 Å². The predicted molar refractivity (Wildman–Crippen MR) is 126 cm³/mol. The van der Waals surface area contributed by atoms with Crippen LogP contribution in [-0.4, -0.2) is 76.1 Å². The highest BCUT2D eigenvalue weighted by Gasteiger charge is 2.23. The summed E-state index contributed by atoms with van der Waals surface area (Å²) in [5.41, 5.74) is 4.12. The van der Waals surface area contributed by atoms with Crippen LogP contribution in [-0.2, 0) is 11.3 Å². The van der Waals surface area contributed by atoms with Crippen LogP contribution in [0.4, 0.5) is 5.95 Å². The molecule has 2 saturated heterocycles. The molecule has 0 spiro atoms. The number of benzene rings is 1. The second-order valence-corrected chi connectivity index (χ2v) is 9.03. The first kappa shape index (κ1) is 19.7. The predicted octanol–water partition coefficient (Wildman–Crippen LogP) is 3.15. The molecule has 0 amide bonds. The molecule has 2 aliphatic rings. The van der Waals surface area contributed by atoms with Crippen LogP contribution in [0.25, 0.3) is 33.2 Å². The highest BCUT2D eigenvalue weighted by molar-refractivity contribution is 6.01. The highest BCUT2D eigenvalue weighted by Crippen LogP contribution is 2.33. The molecule has 32 heavy (non-hydrogen) atoms. The van der Waals surface area contributed by atoms with Gasteiger partial charge in [0.1, 0.15) is 0 Å². The third kappa shape index (κ3) is 3.53. The van der Waals surface area contributed by atoms with Gasteiger partial charge in [0.25, 0.3) is 0 Å². The van der Waals surface area contributed by atoms with Gasteiger partial charge < -0.3 is 19.5 Å². The van der Waals surface area contributed by atoms with Gasteiger partial charge >= 0.3 is 0 Å². The number of hydrogen-bond donors (Lipinski definition) is 1. The molecule has 2 aliphatic heterocycles. The number of nitrogens with zero attached hydrogens (tertiary/aromatic N) is 6. The van der Waals surface area contributed by atoms with Crippen molar-refractivity contribution in [2.45, 2.75) is 19.4 Å². The maximum atomic E-state index is 5.57. The zero-order valence-corrected chi connectivity index (χ0v) is 18.5. The van der Waals surface area contributed by atoms with Gasteiger partial charge in [-0.25, -0.2) is 9.67 Å². The van der Waals surface area contributed by atoms with Crippen molar-refractivity contribution in [3.8, 4) is 11.3 Å². The Bertz CT molecular complexity index is 1230. The van der Waals surface area contributed by atoms with E-state index >= 15 is 0 Å². The first-order valence-corrected chi connectivity index (χ1v) is 11.6. The third-order valence-corrected chi connectivity index (χ3v) is 6.90. The number of aromatic nitrogens is 5. The second-order valence-electron chi connectivity index (χ2n) is 9.03. The van der Waals surface area contributed by atoms with Gasteiger partial charge in [0, 0.05) is 42.3 Å². The molecule has 6 rings (SSSR count). The summed E-state index contributed by atoms with van der Waals surface area (Å²) in [4.78, 5) is 18.1. The first-order valence-electron chi connectivity index (χ1n) is 11.6. The molecular formula is C24H29N7O. The van der Waals surface area contributed by atoms with E-state index in [2.05, 4.69) is 50.8 Å². The molecule has 0 aliphatic carbocycles. The standard InChI is InChI=1S/C24H29N7O/c1-29-9-6-17(7-10-29)16-31-23-20(15-26-31)22(19-3-2-4-21-18(19)5-8-25-21)27-24(28-23)30-11-13-32-14-12-30/h2-5,8,15,17,25H,6-7,9-14,16H2,1H3. The molecule has 1 N–H and O–H groups in total. The third-order valence-electron chi connectivity index (χ3n) is 6.90. The van der Waals surface area contributed by atoms with E-state index in [1.165, 1.54) is 18.2 Å². The van der Waals surface area contributed by atoms with Crippen LogP contribution in [0, 0.1) is 5.92 Å². The van der Waals surface area contributed by atoms with E-state index in [1.807, 2.05) is 12.4 Å². The summed E-state index contributed by atoms with van der Waals surface area (Å²) >= 11 is 0. The number of anilines is 1. The Morgan fingerprint density at radius 2 is 1.88 bits per heavy atom. The number of fused-ring (bicyclic) bond motifs is 2. The zero-order valence-electron chi connectivity index (χ0n) is 18.5. The Balaban J connectivity index is 1.47.